The highest BCUT2D eigenvalue weighted by molar-refractivity contribution is 7.99. The molecule has 2 aromatic carbocycles. The summed E-state index contributed by atoms with van der Waals surface area (Å²) >= 11 is 1.65. The minimum Gasteiger partial charge on any atom is -0.456 e. The van der Waals surface area contributed by atoms with Gasteiger partial charge in [0.1, 0.15) is 0 Å². The smallest absolute Gasteiger partial charge is 0.306 e. The fraction of sp³-hybridized carbons (Fsp3) is 0.391. The van der Waals surface area contributed by atoms with Crippen molar-refractivity contribution in [3.8, 4) is 0 Å². The van der Waals surface area contributed by atoms with Crippen molar-refractivity contribution in [3.05, 3.63) is 48.5 Å². The number of para-hydroxylation sites is 2. The summed E-state index contributed by atoms with van der Waals surface area (Å²) in [6.45, 7) is -0.215. The summed E-state index contributed by atoms with van der Waals surface area (Å²) < 4.78 is 5.42. The van der Waals surface area contributed by atoms with Gasteiger partial charge in [-0.05, 0) is 61.3 Å². The predicted octanol–water partition coefficient (Wildman–Crippen LogP) is 5.19. The molecule has 5 rings (SSSR count). The van der Waals surface area contributed by atoms with E-state index in [4.69, 9.17) is 4.74 Å². The molecular formula is C23H23NO3S. The number of hydrogen-bond acceptors (Lipinski definition) is 4. The van der Waals surface area contributed by atoms with Gasteiger partial charge < -0.3 is 4.74 Å². The monoisotopic (exact) mass is 393 g/mol. The lowest BCUT2D eigenvalue weighted by atomic mass is 9.86. The van der Waals surface area contributed by atoms with Gasteiger partial charge in [-0.2, -0.15) is 0 Å². The Morgan fingerprint density at radius 1 is 0.964 bits per heavy atom. The standard InChI is InChI=1S/C23H23NO3S/c25-22(14-27-23(26)13-17-12-15-9-10-16(17)11-15)24-18-5-1-3-7-20(18)28-21-8-4-2-6-19(21)24/h1-8,15-17H,9-14H2/t15-,16-,17-/m1/s1. The first-order valence-corrected chi connectivity index (χ1v) is 10.8. The van der Waals surface area contributed by atoms with Gasteiger partial charge in [0.15, 0.2) is 6.61 Å². The van der Waals surface area contributed by atoms with Gasteiger partial charge >= 0.3 is 5.97 Å². The molecule has 1 amide bonds. The van der Waals surface area contributed by atoms with Crippen molar-refractivity contribution in [2.24, 2.45) is 17.8 Å². The number of ether oxygens (including phenoxy) is 1. The van der Waals surface area contributed by atoms with E-state index in [0.717, 1.165) is 33.5 Å². The van der Waals surface area contributed by atoms with Gasteiger partial charge in [-0.15, -0.1) is 0 Å². The second-order valence-corrected chi connectivity index (χ2v) is 9.15. The Labute approximate surface area is 169 Å². The van der Waals surface area contributed by atoms with Crippen LogP contribution in [0.3, 0.4) is 0 Å². The van der Waals surface area contributed by atoms with E-state index in [1.54, 1.807) is 16.7 Å². The number of rotatable bonds is 4. The summed E-state index contributed by atoms with van der Waals surface area (Å²) in [5, 5.41) is 0. The first-order chi connectivity index (χ1) is 13.7. The van der Waals surface area contributed by atoms with Crippen LogP contribution in [0.1, 0.15) is 32.1 Å². The van der Waals surface area contributed by atoms with E-state index < -0.39 is 0 Å². The summed E-state index contributed by atoms with van der Waals surface area (Å²) in [4.78, 5) is 29.1. The Hall–Kier alpha value is -2.27. The number of carbonyl (C=O) groups is 2. The molecule has 2 aliphatic carbocycles. The molecule has 144 valence electrons. The van der Waals surface area contributed by atoms with Gasteiger partial charge in [0, 0.05) is 16.2 Å². The van der Waals surface area contributed by atoms with Crippen LogP contribution in [0.4, 0.5) is 11.4 Å². The van der Waals surface area contributed by atoms with E-state index in [-0.39, 0.29) is 18.5 Å². The first kappa shape index (κ1) is 17.8. The average molecular weight is 394 g/mol. The Morgan fingerprint density at radius 2 is 1.64 bits per heavy atom. The van der Waals surface area contributed by atoms with Crippen LogP contribution in [0.2, 0.25) is 0 Å². The van der Waals surface area contributed by atoms with Gasteiger partial charge in [-0.3, -0.25) is 14.5 Å². The molecule has 0 unspecified atom stereocenters. The van der Waals surface area contributed by atoms with Crippen molar-refractivity contribution < 1.29 is 14.3 Å². The molecule has 0 radical (unpaired) electrons. The highest BCUT2D eigenvalue weighted by Gasteiger charge is 2.40. The van der Waals surface area contributed by atoms with E-state index in [1.165, 1.54) is 19.3 Å². The van der Waals surface area contributed by atoms with Crippen LogP contribution < -0.4 is 4.90 Å². The van der Waals surface area contributed by atoms with Gasteiger partial charge in [0.05, 0.1) is 11.4 Å². The Bertz CT molecular complexity index is 882. The Kier molecular flexibility index (Phi) is 4.63. The van der Waals surface area contributed by atoms with Crippen LogP contribution in [0.25, 0.3) is 0 Å². The van der Waals surface area contributed by atoms with Crippen LogP contribution in [-0.2, 0) is 14.3 Å². The van der Waals surface area contributed by atoms with E-state index >= 15 is 0 Å². The third-order valence-electron chi connectivity index (χ3n) is 6.35. The zero-order chi connectivity index (χ0) is 19.1. The molecule has 1 heterocycles. The lowest BCUT2D eigenvalue weighted by molar-refractivity contribution is -0.149. The highest BCUT2D eigenvalue weighted by Crippen LogP contribution is 2.50. The van der Waals surface area contributed by atoms with Crippen molar-refractivity contribution in [1.82, 2.24) is 0 Å². The molecule has 0 spiro atoms. The highest BCUT2D eigenvalue weighted by atomic mass is 32.2. The Morgan fingerprint density at radius 3 is 2.25 bits per heavy atom. The van der Waals surface area contributed by atoms with Gasteiger partial charge in [-0.1, -0.05) is 42.4 Å². The molecule has 0 aromatic heterocycles. The molecule has 2 fully saturated rings. The summed E-state index contributed by atoms with van der Waals surface area (Å²) in [5.41, 5.74) is 1.70. The molecule has 0 saturated heterocycles. The molecule has 1 aliphatic heterocycles. The average Bonchev–Trinajstić information content (AvgIpc) is 3.33. The summed E-state index contributed by atoms with van der Waals surface area (Å²) in [5.74, 6) is 1.50. The summed E-state index contributed by atoms with van der Waals surface area (Å²) in [6, 6.07) is 15.7. The van der Waals surface area contributed by atoms with Gasteiger partial charge in [0.2, 0.25) is 0 Å². The molecule has 3 atom stereocenters. The lowest BCUT2D eigenvalue weighted by Crippen LogP contribution is -2.33. The maximum atomic E-state index is 13.0. The van der Waals surface area contributed by atoms with Crippen LogP contribution in [0, 0.1) is 17.8 Å². The third-order valence-corrected chi connectivity index (χ3v) is 7.48. The molecule has 2 saturated carbocycles. The number of anilines is 2. The molecule has 3 aliphatic rings. The number of esters is 1. The number of fused-ring (bicyclic) bond motifs is 4. The fourth-order valence-corrected chi connectivity index (χ4v) is 6.14. The molecule has 5 heteroatoms. The SMILES string of the molecule is O=C(C[C@H]1C[C@@H]2CC[C@@H]1C2)OCC(=O)N1c2ccccc2Sc2ccccc21. The normalized spacial score (nSPS) is 24.6. The number of hydrogen-bond donors (Lipinski definition) is 0. The number of amides is 1. The minimum absolute atomic E-state index is 0.207. The van der Waals surface area contributed by atoms with Crippen molar-refractivity contribution in [3.63, 3.8) is 0 Å². The van der Waals surface area contributed by atoms with Crippen LogP contribution in [-0.4, -0.2) is 18.5 Å². The predicted molar refractivity (Wildman–Crippen MR) is 109 cm³/mol. The second kappa shape index (κ2) is 7.28. The number of carbonyl (C=O) groups excluding carboxylic acids is 2. The van der Waals surface area contributed by atoms with Gasteiger partial charge in [0.25, 0.3) is 5.91 Å². The number of benzene rings is 2. The largest absolute Gasteiger partial charge is 0.456 e. The molecule has 4 nitrogen and oxygen atoms in total. The summed E-state index contributed by atoms with van der Waals surface area (Å²) in [7, 11) is 0. The number of nitrogens with zero attached hydrogens (tertiary/aromatic N) is 1. The molecule has 2 aromatic rings. The minimum atomic E-state index is -0.237. The van der Waals surface area contributed by atoms with Crippen molar-refractivity contribution in [2.75, 3.05) is 11.5 Å². The quantitative estimate of drug-likeness (QED) is 0.671. The first-order valence-electron chi connectivity index (χ1n) is 10.0. The lowest BCUT2D eigenvalue weighted by Gasteiger charge is -2.30. The Balaban J connectivity index is 1.28. The van der Waals surface area contributed by atoms with Crippen LogP contribution >= 0.6 is 11.8 Å². The second-order valence-electron chi connectivity index (χ2n) is 8.07. The maximum Gasteiger partial charge on any atom is 0.306 e. The third kappa shape index (κ3) is 3.22. The van der Waals surface area contributed by atoms with E-state index in [9.17, 15) is 9.59 Å². The zero-order valence-electron chi connectivity index (χ0n) is 15.7. The van der Waals surface area contributed by atoms with Crippen molar-refractivity contribution in [1.29, 1.82) is 0 Å². The fourth-order valence-electron chi connectivity index (χ4n) is 5.08. The van der Waals surface area contributed by atoms with Crippen molar-refractivity contribution in [2.45, 2.75) is 41.9 Å². The zero-order valence-corrected chi connectivity index (χ0v) is 16.5. The molecule has 0 N–H and O–H groups in total. The van der Waals surface area contributed by atoms with Crippen LogP contribution in [0.5, 0.6) is 0 Å². The molecule has 2 bridgehead atoms. The van der Waals surface area contributed by atoms with E-state index in [1.807, 2.05) is 48.5 Å². The van der Waals surface area contributed by atoms with Crippen molar-refractivity contribution >= 4 is 35.0 Å². The van der Waals surface area contributed by atoms with E-state index in [2.05, 4.69) is 0 Å². The molecule has 28 heavy (non-hydrogen) atoms. The van der Waals surface area contributed by atoms with Gasteiger partial charge in [-0.25, -0.2) is 0 Å². The van der Waals surface area contributed by atoms with E-state index in [0.29, 0.717) is 18.3 Å². The maximum absolute atomic E-state index is 13.0. The summed E-state index contributed by atoms with van der Waals surface area (Å²) in [6.07, 6.45) is 5.45. The molecular weight excluding hydrogens is 370 g/mol. The topological polar surface area (TPSA) is 46.6 Å². The van der Waals surface area contributed by atoms with Crippen LogP contribution in [0.15, 0.2) is 58.3 Å².